The zero-order valence-electron chi connectivity index (χ0n) is 23.6. The third-order valence-corrected chi connectivity index (χ3v) is 13.1. The van der Waals surface area contributed by atoms with E-state index in [0.717, 1.165) is 70.5 Å². The van der Waals surface area contributed by atoms with Gasteiger partial charge >= 0.3 is 0 Å². The van der Waals surface area contributed by atoms with Crippen molar-refractivity contribution >= 4 is 0 Å². The van der Waals surface area contributed by atoms with Gasteiger partial charge in [0.25, 0.3) is 0 Å². The van der Waals surface area contributed by atoms with Crippen LogP contribution in [0.2, 0.25) is 0 Å². The molecule has 0 aromatic carbocycles. The number of rotatable bonds is 6. The lowest BCUT2D eigenvalue weighted by molar-refractivity contribution is -0.0312. The molecule has 0 amide bonds. The Balaban J connectivity index is 1.17. The standard InChI is InChI=1S/C34H56/c1-21-11-12-29(17-21)27(7)31-19-23(3)33-30(20-31)13-14-32(34(33)15-16-34)10-8-9-28-18-22(2)24(4)25(5)26(28)6/h17,22-28,30-33H,1,8-16,18-20H2,2-7H3. The van der Waals surface area contributed by atoms with E-state index in [2.05, 4.69) is 54.2 Å². The van der Waals surface area contributed by atoms with Crippen molar-refractivity contribution in [2.75, 3.05) is 0 Å². The summed E-state index contributed by atoms with van der Waals surface area (Å²) in [6.45, 7) is 19.6. The van der Waals surface area contributed by atoms with Crippen LogP contribution < -0.4 is 0 Å². The Morgan fingerprint density at radius 3 is 2.32 bits per heavy atom. The monoisotopic (exact) mass is 464 g/mol. The summed E-state index contributed by atoms with van der Waals surface area (Å²) in [5.41, 5.74) is 3.87. The van der Waals surface area contributed by atoms with E-state index >= 15 is 0 Å². The minimum atomic E-state index is 0.769. The lowest BCUT2D eigenvalue weighted by Crippen LogP contribution is -2.45. The summed E-state index contributed by atoms with van der Waals surface area (Å²) < 4.78 is 0. The lowest BCUT2D eigenvalue weighted by atomic mass is 9.52. The van der Waals surface area contributed by atoms with E-state index in [1.165, 1.54) is 50.5 Å². The van der Waals surface area contributed by atoms with Gasteiger partial charge in [-0.15, -0.1) is 0 Å². The molecule has 4 saturated carbocycles. The highest BCUT2D eigenvalue weighted by Crippen LogP contribution is 2.69. The maximum Gasteiger partial charge on any atom is -0.0200 e. The highest BCUT2D eigenvalue weighted by Gasteiger charge is 2.61. The average Bonchev–Trinajstić information content (AvgIpc) is 3.47. The molecule has 0 saturated heterocycles. The zero-order chi connectivity index (χ0) is 24.2. The van der Waals surface area contributed by atoms with Crippen molar-refractivity contribution in [3.8, 4) is 0 Å². The Bertz CT molecular complexity index is 767. The van der Waals surface area contributed by atoms with Gasteiger partial charge in [0.2, 0.25) is 0 Å². The predicted octanol–water partition coefficient (Wildman–Crippen LogP) is 10.1. The summed E-state index contributed by atoms with van der Waals surface area (Å²) >= 11 is 0. The molecule has 34 heavy (non-hydrogen) atoms. The largest absolute Gasteiger partial charge is 0.0958 e. The van der Waals surface area contributed by atoms with Crippen LogP contribution in [0.1, 0.15) is 119 Å². The van der Waals surface area contributed by atoms with Crippen LogP contribution in [-0.2, 0) is 0 Å². The van der Waals surface area contributed by atoms with Crippen LogP contribution in [0, 0.1) is 70.5 Å². The number of fused-ring (bicyclic) bond motifs is 2. The van der Waals surface area contributed by atoms with Crippen molar-refractivity contribution in [3.63, 3.8) is 0 Å². The molecule has 11 unspecified atom stereocenters. The second kappa shape index (κ2) is 9.74. The molecule has 4 fully saturated rings. The molecular formula is C34H56. The summed E-state index contributed by atoms with van der Waals surface area (Å²) in [7, 11) is 0. The van der Waals surface area contributed by atoms with E-state index in [0.29, 0.717) is 0 Å². The van der Waals surface area contributed by atoms with Crippen LogP contribution >= 0.6 is 0 Å². The van der Waals surface area contributed by atoms with E-state index in [9.17, 15) is 0 Å². The minimum Gasteiger partial charge on any atom is -0.0958 e. The Kier molecular flexibility index (Phi) is 7.20. The average molecular weight is 465 g/mol. The number of allylic oxidation sites excluding steroid dienone is 3. The number of hydrogen-bond acceptors (Lipinski definition) is 0. The quantitative estimate of drug-likeness (QED) is 0.367. The van der Waals surface area contributed by atoms with Gasteiger partial charge in [0.15, 0.2) is 0 Å². The van der Waals surface area contributed by atoms with Crippen LogP contribution in [0.3, 0.4) is 0 Å². The fraction of sp³-hybridized carbons (Fsp3) is 0.882. The normalized spacial score (nSPS) is 46.8. The van der Waals surface area contributed by atoms with Gasteiger partial charge < -0.3 is 0 Å². The lowest BCUT2D eigenvalue weighted by Gasteiger charge is -2.53. The second-order valence-electron chi connectivity index (χ2n) is 14.6. The highest BCUT2D eigenvalue weighted by molar-refractivity contribution is 5.30. The van der Waals surface area contributed by atoms with Gasteiger partial charge in [-0.2, -0.15) is 0 Å². The molecule has 11 atom stereocenters. The molecule has 0 radical (unpaired) electrons. The van der Waals surface area contributed by atoms with Gasteiger partial charge in [0.1, 0.15) is 0 Å². The summed E-state index contributed by atoms with van der Waals surface area (Å²) in [5, 5.41) is 0. The first-order chi connectivity index (χ1) is 16.2. The summed E-state index contributed by atoms with van der Waals surface area (Å²) in [4.78, 5) is 0. The van der Waals surface area contributed by atoms with Gasteiger partial charge in [0.05, 0.1) is 0 Å². The topological polar surface area (TPSA) is 0 Å². The summed E-state index contributed by atoms with van der Waals surface area (Å²) in [6, 6.07) is 0. The molecule has 0 aromatic heterocycles. The Morgan fingerprint density at radius 2 is 1.65 bits per heavy atom. The Morgan fingerprint density at radius 1 is 0.882 bits per heavy atom. The van der Waals surface area contributed by atoms with Crippen LogP contribution in [0.15, 0.2) is 23.8 Å². The molecule has 5 aliphatic carbocycles. The fourth-order valence-electron chi connectivity index (χ4n) is 10.5. The molecule has 0 aromatic rings. The fourth-order valence-corrected chi connectivity index (χ4v) is 10.5. The number of hydrogen-bond donors (Lipinski definition) is 0. The molecular weight excluding hydrogens is 408 g/mol. The second-order valence-corrected chi connectivity index (χ2v) is 14.6. The van der Waals surface area contributed by atoms with Gasteiger partial charge in [-0.1, -0.05) is 78.2 Å². The molecule has 1 spiro atoms. The van der Waals surface area contributed by atoms with Crippen LogP contribution in [0.25, 0.3) is 0 Å². The van der Waals surface area contributed by atoms with Gasteiger partial charge in [-0.05, 0) is 135 Å². The summed E-state index contributed by atoms with van der Waals surface area (Å²) in [5.74, 6) is 10.5. The first-order valence-electron chi connectivity index (χ1n) is 15.6. The molecule has 0 aliphatic heterocycles. The van der Waals surface area contributed by atoms with E-state index < -0.39 is 0 Å². The zero-order valence-corrected chi connectivity index (χ0v) is 23.6. The molecule has 0 heteroatoms. The molecule has 0 heterocycles. The van der Waals surface area contributed by atoms with Crippen molar-refractivity contribution in [3.05, 3.63) is 23.8 Å². The van der Waals surface area contributed by atoms with Crippen LogP contribution in [-0.4, -0.2) is 0 Å². The predicted molar refractivity (Wildman–Crippen MR) is 147 cm³/mol. The first-order valence-corrected chi connectivity index (χ1v) is 15.6. The van der Waals surface area contributed by atoms with Crippen molar-refractivity contribution in [2.45, 2.75) is 119 Å². The van der Waals surface area contributed by atoms with E-state index in [4.69, 9.17) is 0 Å². The van der Waals surface area contributed by atoms with Crippen LogP contribution in [0.5, 0.6) is 0 Å². The Labute approximate surface area is 212 Å². The maximum atomic E-state index is 4.24. The summed E-state index contributed by atoms with van der Waals surface area (Å²) in [6.07, 6.45) is 20.3. The molecule has 192 valence electrons. The van der Waals surface area contributed by atoms with Gasteiger partial charge in [-0.3, -0.25) is 0 Å². The molecule has 0 nitrogen and oxygen atoms in total. The molecule has 5 aliphatic rings. The van der Waals surface area contributed by atoms with Gasteiger partial charge in [0, 0.05) is 0 Å². The third-order valence-electron chi connectivity index (χ3n) is 13.1. The molecule has 0 N–H and O–H groups in total. The third kappa shape index (κ3) is 4.52. The van der Waals surface area contributed by atoms with E-state index in [1.54, 1.807) is 37.7 Å². The molecule has 5 rings (SSSR count). The first kappa shape index (κ1) is 25.1. The van der Waals surface area contributed by atoms with E-state index in [-0.39, 0.29) is 0 Å². The van der Waals surface area contributed by atoms with Crippen molar-refractivity contribution in [2.24, 2.45) is 70.5 Å². The molecule has 0 bridgehead atoms. The van der Waals surface area contributed by atoms with E-state index in [1.807, 2.05) is 0 Å². The van der Waals surface area contributed by atoms with Crippen molar-refractivity contribution in [1.29, 1.82) is 0 Å². The van der Waals surface area contributed by atoms with Crippen molar-refractivity contribution in [1.82, 2.24) is 0 Å². The minimum absolute atomic E-state index is 0.769. The SMILES string of the molecule is C=C1C=C(C(C)C2CC(C)C3C(CCC(CCCC4CC(C)C(C)C(C)C4C)C34CC4)C2)CC1. The smallest absolute Gasteiger partial charge is 0.0200 e. The maximum absolute atomic E-state index is 4.24. The highest BCUT2D eigenvalue weighted by atomic mass is 14.7. The van der Waals surface area contributed by atoms with Gasteiger partial charge in [-0.25, -0.2) is 0 Å². The van der Waals surface area contributed by atoms with Crippen molar-refractivity contribution < 1.29 is 0 Å². The Hall–Kier alpha value is -0.520. The van der Waals surface area contributed by atoms with Crippen LogP contribution in [0.4, 0.5) is 0 Å².